The Balaban J connectivity index is 1.70. The highest BCUT2D eigenvalue weighted by atomic mass is 16.2. The average molecular weight is 365 g/mol. The van der Waals surface area contributed by atoms with Gasteiger partial charge in [0.15, 0.2) is 5.82 Å². The number of benzene rings is 1. The van der Waals surface area contributed by atoms with E-state index in [1.165, 1.54) is 4.90 Å². The number of urea groups is 1. The van der Waals surface area contributed by atoms with Crippen molar-refractivity contribution in [3.8, 4) is 0 Å². The lowest BCUT2D eigenvalue weighted by molar-refractivity contribution is 0.102. The predicted molar refractivity (Wildman–Crippen MR) is 104 cm³/mol. The first-order chi connectivity index (χ1) is 13.0. The van der Waals surface area contributed by atoms with Gasteiger partial charge in [-0.15, -0.1) is 0 Å². The number of nitrogens with zero attached hydrogens (tertiary/aromatic N) is 3. The highest BCUT2D eigenvalue weighted by molar-refractivity contribution is 6.16. The zero-order valence-electron chi connectivity index (χ0n) is 15.5. The molecule has 1 saturated heterocycles. The number of aromatic nitrogens is 1. The molecule has 3 heterocycles. The number of fused-ring (bicyclic) bond motifs is 2. The Labute approximate surface area is 158 Å². The Hall–Kier alpha value is -2.93. The lowest BCUT2D eigenvalue weighted by atomic mass is 9.99. The van der Waals surface area contributed by atoms with Gasteiger partial charge in [-0.2, -0.15) is 0 Å². The van der Waals surface area contributed by atoms with E-state index < -0.39 is 0 Å². The smallest absolute Gasteiger partial charge is 0.328 e. The molecule has 1 fully saturated rings. The molecule has 140 valence electrons. The molecule has 0 saturated carbocycles. The van der Waals surface area contributed by atoms with Crippen LogP contribution < -0.4 is 15.5 Å². The second kappa shape index (κ2) is 7.00. The highest BCUT2D eigenvalue weighted by Gasteiger charge is 2.32. The first-order valence-corrected chi connectivity index (χ1v) is 9.21. The number of likely N-dealkylation sites (tertiary alicyclic amines) is 1. The molecular formula is C20H23N5O2. The summed E-state index contributed by atoms with van der Waals surface area (Å²) in [5.74, 6) is 0.178. The summed E-state index contributed by atoms with van der Waals surface area (Å²) < 4.78 is 0. The van der Waals surface area contributed by atoms with Crippen LogP contribution in [-0.4, -0.2) is 47.5 Å². The normalized spacial score (nSPS) is 22.3. The van der Waals surface area contributed by atoms with Crippen LogP contribution in [0.25, 0.3) is 0 Å². The van der Waals surface area contributed by atoms with Gasteiger partial charge in [0.05, 0.1) is 16.9 Å². The van der Waals surface area contributed by atoms with E-state index >= 15 is 0 Å². The summed E-state index contributed by atoms with van der Waals surface area (Å²) in [5.41, 5.74) is 1.50. The van der Waals surface area contributed by atoms with E-state index in [0.717, 1.165) is 19.4 Å². The van der Waals surface area contributed by atoms with Crippen molar-refractivity contribution >= 4 is 29.1 Å². The van der Waals surface area contributed by atoms with Crippen LogP contribution in [0.3, 0.4) is 0 Å². The lowest BCUT2D eigenvalue weighted by Gasteiger charge is -2.36. The summed E-state index contributed by atoms with van der Waals surface area (Å²) in [6.45, 7) is 3.11. The molecule has 2 aromatic rings. The fourth-order valence-corrected chi connectivity index (χ4v) is 3.70. The van der Waals surface area contributed by atoms with Gasteiger partial charge in [-0.1, -0.05) is 12.1 Å². The fourth-order valence-electron chi connectivity index (χ4n) is 3.70. The molecule has 0 bridgehead atoms. The molecule has 0 unspecified atom stereocenters. The minimum atomic E-state index is -0.263. The maximum atomic E-state index is 13.3. The van der Waals surface area contributed by atoms with Gasteiger partial charge in [0.25, 0.3) is 5.91 Å². The Bertz CT molecular complexity index is 884. The van der Waals surface area contributed by atoms with Crippen LogP contribution in [0, 0.1) is 0 Å². The minimum absolute atomic E-state index is 0.0925. The van der Waals surface area contributed by atoms with E-state index in [1.54, 1.807) is 36.5 Å². The van der Waals surface area contributed by atoms with Crippen molar-refractivity contribution in [2.24, 2.45) is 0 Å². The highest BCUT2D eigenvalue weighted by Crippen LogP contribution is 2.36. The largest absolute Gasteiger partial charge is 0.335 e. The number of anilines is 3. The van der Waals surface area contributed by atoms with Crippen LogP contribution in [0.2, 0.25) is 0 Å². The summed E-state index contributed by atoms with van der Waals surface area (Å²) in [6, 6.07) is 10.8. The molecule has 2 aliphatic heterocycles. The van der Waals surface area contributed by atoms with Crippen LogP contribution >= 0.6 is 0 Å². The van der Waals surface area contributed by atoms with E-state index in [4.69, 9.17) is 0 Å². The van der Waals surface area contributed by atoms with Gasteiger partial charge in [0.2, 0.25) is 0 Å². The predicted octanol–water partition coefficient (Wildman–Crippen LogP) is 2.98. The molecule has 0 radical (unpaired) electrons. The third kappa shape index (κ3) is 3.26. The standard InChI is InChI=1S/C20H23N5O2/c1-13-12-14(9-11-24(13)2)22-20(27)25-17-8-4-3-6-15(17)19(26)23-16-7-5-10-21-18(16)25/h3-8,10,13-14H,9,11-12H2,1-2H3,(H,22,27)(H,23,26)/t13-,14-/m1/s1. The number of rotatable bonds is 1. The first kappa shape index (κ1) is 17.5. The van der Waals surface area contributed by atoms with Crippen LogP contribution in [0.5, 0.6) is 0 Å². The number of nitrogens with one attached hydrogen (secondary N) is 2. The Morgan fingerprint density at radius 1 is 1.26 bits per heavy atom. The minimum Gasteiger partial charge on any atom is -0.335 e. The molecule has 2 atom stereocenters. The van der Waals surface area contributed by atoms with Crippen LogP contribution in [-0.2, 0) is 0 Å². The summed E-state index contributed by atoms with van der Waals surface area (Å²) in [5, 5.41) is 6.00. The van der Waals surface area contributed by atoms with Gasteiger partial charge in [0, 0.05) is 24.8 Å². The molecule has 7 nitrogen and oxygen atoms in total. The maximum Gasteiger partial charge on any atom is 0.328 e. The van der Waals surface area contributed by atoms with Crippen molar-refractivity contribution in [3.05, 3.63) is 48.2 Å². The summed E-state index contributed by atoms with van der Waals surface area (Å²) >= 11 is 0. The number of pyridine rings is 1. The molecular weight excluding hydrogens is 342 g/mol. The number of carbonyl (C=O) groups is 2. The average Bonchev–Trinajstić information content (AvgIpc) is 2.79. The van der Waals surface area contributed by atoms with E-state index in [1.807, 2.05) is 6.07 Å². The zero-order valence-corrected chi connectivity index (χ0v) is 15.5. The van der Waals surface area contributed by atoms with Gasteiger partial charge >= 0.3 is 6.03 Å². The van der Waals surface area contributed by atoms with Crippen molar-refractivity contribution < 1.29 is 9.59 Å². The maximum absolute atomic E-state index is 13.3. The van der Waals surface area contributed by atoms with E-state index in [2.05, 4.69) is 34.5 Å². The topological polar surface area (TPSA) is 77.6 Å². The van der Waals surface area contributed by atoms with Gasteiger partial charge in [0.1, 0.15) is 0 Å². The van der Waals surface area contributed by atoms with Crippen molar-refractivity contribution in [3.63, 3.8) is 0 Å². The van der Waals surface area contributed by atoms with Crippen LogP contribution in [0.15, 0.2) is 42.6 Å². The Kier molecular flexibility index (Phi) is 4.53. The van der Waals surface area contributed by atoms with E-state index in [0.29, 0.717) is 28.8 Å². The summed E-state index contributed by atoms with van der Waals surface area (Å²) in [6.07, 6.45) is 3.41. The van der Waals surface area contributed by atoms with Gasteiger partial charge < -0.3 is 15.5 Å². The van der Waals surface area contributed by atoms with Crippen molar-refractivity contribution in [1.29, 1.82) is 0 Å². The van der Waals surface area contributed by atoms with Gasteiger partial charge in [-0.05, 0) is 51.1 Å². The van der Waals surface area contributed by atoms with Crippen LogP contribution in [0.1, 0.15) is 30.1 Å². The Morgan fingerprint density at radius 2 is 2.07 bits per heavy atom. The van der Waals surface area contributed by atoms with E-state index in [9.17, 15) is 9.59 Å². The number of hydrogen-bond donors (Lipinski definition) is 2. The third-order valence-corrected chi connectivity index (χ3v) is 5.38. The molecule has 1 aromatic heterocycles. The fraction of sp³-hybridized carbons (Fsp3) is 0.350. The number of amides is 3. The quantitative estimate of drug-likeness (QED) is 0.814. The molecule has 1 aromatic carbocycles. The van der Waals surface area contributed by atoms with Crippen molar-refractivity contribution in [2.75, 3.05) is 23.8 Å². The Morgan fingerprint density at radius 3 is 2.89 bits per heavy atom. The zero-order chi connectivity index (χ0) is 19.0. The molecule has 0 spiro atoms. The molecule has 0 aliphatic carbocycles. The molecule has 27 heavy (non-hydrogen) atoms. The third-order valence-electron chi connectivity index (χ3n) is 5.38. The second-order valence-electron chi connectivity index (χ2n) is 7.18. The lowest BCUT2D eigenvalue weighted by Crippen LogP contribution is -2.50. The molecule has 3 amide bonds. The van der Waals surface area contributed by atoms with E-state index in [-0.39, 0.29) is 18.0 Å². The van der Waals surface area contributed by atoms with Crippen molar-refractivity contribution in [2.45, 2.75) is 31.8 Å². The molecule has 2 aliphatic rings. The molecule has 7 heteroatoms. The first-order valence-electron chi connectivity index (χ1n) is 9.21. The van der Waals surface area contributed by atoms with Gasteiger partial charge in [-0.25, -0.2) is 14.7 Å². The second-order valence-corrected chi connectivity index (χ2v) is 7.18. The monoisotopic (exact) mass is 365 g/mol. The van der Waals surface area contributed by atoms with Crippen molar-refractivity contribution in [1.82, 2.24) is 15.2 Å². The number of carbonyl (C=O) groups excluding carboxylic acids is 2. The number of hydrogen-bond acceptors (Lipinski definition) is 4. The summed E-state index contributed by atoms with van der Waals surface area (Å²) in [4.78, 5) is 34.0. The SMILES string of the molecule is C[C@@H]1C[C@H](NC(=O)N2c3ccccc3C(=O)Nc3cccnc32)CCN1C. The van der Waals surface area contributed by atoms with Crippen LogP contribution in [0.4, 0.5) is 22.0 Å². The molecule has 4 rings (SSSR count). The summed E-state index contributed by atoms with van der Waals surface area (Å²) in [7, 11) is 2.10. The number of piperidine rings is 1. The number of para-hydroxylation sites is 1. The van der Waals surface area contributed by atoms with Gasteiger partial charge in [-0.3, -0.25) is 4.79 Å². The molecule has 2 N–H and O–H groups in total.